The van der Waals surface area contributed by atoms with Crippen LogP contribution in [0.15, 0.2) is 12.3 Å². The molecular formula is C8H8F3N. The summed E-state index contributed by atoms with van der Waals surface area (Å²) in [4.78, 5) is 3.66. The Morgan fingerprint density at radius 1 is 1.50 bits per heavy atom. The monoisotopic (exact) mass is 175 g/mol. The molecule has 1 rings (SSSR count). The molecule has 66 valence electrons. The molecule has 0 aromatic carbocycles. The average Bonchev–Trinajstić information content (AvgIpc) is 2.03. The normalized spacial score (nSPS) is 10.8. The Bertz CT molecular complexity index is 273. The van der Waals surface area contributed by atoms with Gasteiger partial charge in [-0.05, 0) is 18.6 Å². The molecule has 0 N–H and O–H groups in total. The van der Waals surface area contributed by atoms with Crippen molar-refractivity contribution in [1.29, 1.82) is 0 Å². The predicted molar refractivity (Wildman–Crippen MR) is 38.7 cm³/mol. The Morgan fingerprint density at radius 2 is 2.17 bits per heavy atom. The van der Waals surface area contributed by atoms with Crippen LogP contribution in [0.25, 0.3) is 0 Å². The molecule has 12 heavy (non-hydrogen) atoms. The van der Waals surface area contributed by atoms with Gasteiger partial charge < -0.3 is 0 Å². The number of rotatable bonds is 2. The van der Waals surface area contributed by atoms with Crippen molar-refractivity contribution in [2.45, 2.75) is 20.0 Å². The quantitative estimate of drug-likeness (QED) is 0.673. The van der Waals surface area contributed by atoms with Gasteiger partial charge in [-0.1, -0.05) is 0 Å². The first-order chi connectivity index (χ1) is 5.65. The smallest absolute Gasteiger partial charge is 0.261 e. The summed E-state index contributed by atoms with van der Waals surface area (Å²) in [5, 5.41) is 0. The molecule has 0 spiro atoms. The lowest BCUT2D eigenvalue weighted by Crippen LogP contribution is -1.95. The Labute approximate surface area is 68.2 Å². The van der Waals surface area contributed by atoms with E-state index in [-0.39, 0.29) is 11.1 Å². The molecule has 1 nitrogen and oxygen atoms in total. The molecule has 4 heteroatoms. The molecule has 0 aliphatic heterocycles. The predicted octanol–water partition coefficient (Wildman–Crippen LogP) is 2.80. The van der Waals surface area contributed by atoms with Crippen LogP contribution in [0, 0.1) is 6.92 Å². The van der Waals surface area contributed by atoms with Crippen molar-refractivity contribution < 1.29 is 13.2 Å². The van der Waals surface area contributed by atoms with Gasteiger partial charge in [-0.2, -0.15) is 0 Å². The Hall–Kier alpha value is -1.06. The van der Waals surface area contributed by atoms with Crippen LogP contribution in [0.3, 0.4) is 0 Å². The van der Waals surface area contributed by atoms with Crippen molar-refractivity contribution in [3.63, 3.8) is 0 Å². The average molecular weight is 175 g/mol. The van der Waals surface area contributed by atoms with Crippen molar-refractivity contribution in [3.05, 3.63) is 29.1 Å². The van der Waals surface area contributed by atoms with Gasteiger partial charge in [-0.25, -0.2) is 13.2 Å². The minimum atomic E-state index is -2.65. The Kier molecular flexibility index (Phi) is 2.68. The third-order valence-electron chi connectivity index (χ3n) is 1.54. The van der Waals surface area contributed by atoms with Crippen LogP contribution < -0.4 is 0 Å². The van der Waals surface area contributed by atoms with Gasteiger partial charge in [0, 0.05) is 17.5 Å². The maximum Gasteiger partial charge on any atom is 0.265 e. The number of hydrogen-bond donors (Lipinski definition) is 0. The summed E-state index contributed by atoms with van der Waals surface area (Å²) in [6.07, 6.45) is -1.63. The highest BCUT2D eigenvalue weighted by molar-refractivity contribution is 5.26. The van der Waals surface area contributed by atoms with E-state index in [1.807, 2.05) is 0 Å². The molecule has 1 aromatic heterocycles. The fourth-order valence-electron chi connectivity index (χ4n) is 0.939. The van der Waals surface area contributed by atoms with Crippen LogP contribution in [0.5, 0.6) is 0 Å². The lowest BCUT2D eigenvalue weighted by Gasteiger charge is -2.04. The maximum atomic E-state index is 12.2. The topological polar surface area (TPSA) is 12.9 Å². The van der Waals surface area contributed by atoms with E-state index in [0.717, 1.165) is 6.20 Å². The van der Waals surface area contributed by atoms with E-state index >= 15 is 0 Å². The van der Waals surface area contributed by atoms with Crippen LogP contribution in [-0.4, -0.2) is 4.98 Å². The summed E-state index contributed by atoms with van der Waals surface area (Å²) < 4.78 is 36.4. The lowest BCUT2D eigenvalue weighted by molar-refractivity contribution is 0.149. The minimum Gasteiger partial charge on any atom is -0.261 e. The number of alkyl halides is 3. The summed E-state index contributed by atoms with van der Waals surface area (Å²) in [5.41, 5.74) is 0.257. The number of hydrogen-bond acceptors (Lipinski definition) is 1. The van der Waals surface area contributed by atoms with Crippen molar-refractivity contribution in [2.75, 3.05) is 0 Å². The van der Waals surface area contributed by atoms with Gasteiger partial charge in [0.2, 0.25) is 0 Å². The van der Waals surface area contributed by atoms with E-state index in [1.165, 1.54) is 6.07 Å². The second-order valence-electron chi connectivity index (χ2n) is 2.46. The lowest BCUT2D eigenvalue weighted by atomic mass is 10.1. The molecule has 0 aliphatic rings. The fraction of sp³-hybridized carbons (Fsp3) is 0.375. The van der Waals surface area contributed by atoms with Crippen molar-refractivity contribution in [1.82, 2.24) is 4.98 Å². The van der Waals surface area contributed by atoms with E-state index in [4.69, 9.17) is 0 Å². The van der Waals surface area contributed by atoms with Crippen molar-refractivity contribution >= 4 is 0 Å². The molecule has 0 saturated heterocycles. The standard InChI is InChI=1S/C8H8F3N/c1-5-2-6(3-9)7(4-12-5)8(10)11/h2,4,8H,3H2,1H3. The van der Waals surface area contributed by atoms with Gasteiger partial charge in [0.1, 0.15) is 6.67 Å². The SMILES string of the molecule is Cc1cc(CF)c(C(F)F)cn1. The fourth-order valence-corrected chi connectivity index (χ4v) is 0.939. The first-order valence-electron chi connectivity index (χ1n) is 3.44. The van der Waals surface area contributed by atoms with Crippen LogP contribution in [0.2, 0.25) is 0 Å². The highest BCUT2D eigenvalue weighted by Gasteiger charge is 2.12. The number of pyridine rings is 1. The largest absolute Gasteiger partial charge is 0.265 e. The molecule has 0 saturated carbocycles. The number of aryl methyl sites for hydroxylation is 1. The summed E-state index contributed by atoms with van der Waals surface area (Å²) in [7, 11) is 0. The molecule has 0 unspecified atom stereocenters. The van der Waals surface area contributed by atoms with Gasteiger partial charge in [0.05, 0.1) is 0 Å². The molecular weight excluding hydrogens is 167 g/mol. The zero-order chi connectivity index (χ0) is 9.14. The second-order valence-corrected chi connectivity index (χ2v) is 2.46. The van der Waals surface area contributed by atoms with Crippen LogP contribution >= 0.6 is 0 Å². The first-order valence-corrected chi connectivity index (χ1v) is 3.44. The summed E-state index contributed by atoms with van der Waals surface area (Å²) in [6.45, 7) is 0.761. The van der Waals surface area contributed by atoms with E-state index in [0.29, 0.717) is 5.69 Å². The van der Waals surface area contributed by atoms with Gasteiger partial charge in [0.15, 0.2) is 0 Å². The van der Waals surface area contributed by atoms with Crippen molar-refractivity contribution in [3.8, 4) is 0 Å². The molecule has 0 fully saturated rings. The zero-order valence-corrected chi connectivity index (χ0v) is 6.52. The van der Waals surface area contributed by atoms with E-state index in [1.54, 1.807) is 6.92 Å². The summed E-state index contributed by atoms with van der Waals surface area (Å²) in [6, 6.07) is 1.33. The Morgan fingerprint density at radius 3 is 2.67 bits per heavy atom. The highest BCUT2D eigenvalue weighted by Crippen LogP contribution is 2.22. The Balaban J connectivity index is 3.11. The van der Waals surface area contributed by atoms with Gasteiger partial charge in [-0.15, -0.1) is 0 Å². The van der Waals surface area contributed by atoms with Crippen LogP contribution in [0.4, 0.5) is 13.2 Å². The highest BCUT2D eigenvalue weighted by atomic mass is 19.3. The van der Waals surface area contributed by atoms with Crippen LogP contribution in [0.1, 0.15) is 23.2 Å². The number of halogens is 3. The van der Waals surface area contributed by atoms with Gasteiger partial charge in [-0.3, -0.25) is 4.98 Å². The molecule has 0 atom stereocenters. The van der Waals surface area contributed by atoms with E-state index in [2.05, 4.69) is 4.98 Å². The zero-order valence-electron chi connectivity index (χ0n) is 6.52. The summed E-state index contributed by atoms with van der Waals surface area (Å²) >= 11 is 0. The second kappa shape index (κ2) is 3.56. The number of nitrogens with zero attached hydrogens (tertiary/aromatic N) is 1. The third-order valence-corrected chi connectivity index (χ3v) is 1.54. The molecule has 0 bridgehead atoms. The first kappa shape index (κ1) is 9.03. The molecule has 1 aromatic rings. The molecule has 0 amide bonds. The van der Waals surface area contributed by atoms with Gasteiger partial charge in [0.25, 0.3) is 6.43 Å². The molecule has 0 aliphatic carbocycles. The summed E-state index contributed by atoms with van der Waals surface area (Å²) in [5.74, 6) is 0. The van der Waals surface area contributed by atoms with Crippen LogP contribution in [-0.2, 0) is 6.67 Å². The minimum absolute atomic E-state index is 0.0255. The number of aromatic nitrogens is 1. The maximum absolute atomic E-state index is 12.2. The molecule has 1 heterocycles. The van der Waals surface area contributed by atoms with Gasteiger partial charge >= 0.3 is 0 Å². The third kappa shape index (κ3) is 1.75. The van der Waals surface area contributed by atoms with E-state index in [9.17, 15) is 13.2 Å². The van der Waals surface area contributed by atoms with E-state index < -0.39 is 13.1 Å². The molecule has 0 radical (unpaired) electrons. The van der Waals surface area contributed by atoms with Crippen molar-refractivity contribution in [2.24, 2.45) is 0 Å².